The Morgan fingerprint density at radius 2 is 1.83 bits per heavy atom. The molecule has 1 aromatic carbocycles. The summed E-state index contributed by atoms with van der Waals surface area (Å²) in [6, 6.07) is 5.55. The fraction of sp³-hybridized carbons (Fsp3) is 0.174. The molecule has 30 heavy (non-hydrogen) atoms. The topological polar surface area (TPSA) is 24.9 Å². The Bertz CT molecular complexity index is 978. The second kappa shape index (κ2) is 9.30. The van der Waals surface area contributed by atoms with Crippen LogP contribution in [0.5, 0.6) is 0 Å². The summed E-state index contributed by atoms with van der Waals surface area (Å²) in [6.07, 6.45) is 1.51. The fourth-order valence-corrected chi connectivity index (χ4v) is 3.28. The van der Waals surface area contributed by atoms with Crippen LogP contribution in [-0.4, -0.2) is 4.98 Å². The predicted octanol–water partition coefficient (Wildman–Crippen LogP) is 6.95. The first-order valence-electron chi connectivity index (χ1n) is 8.90. The molecule has 2 nitrogen and oxygen atoms in total. The van der Waals surface area contributed by atoms with Crippen molar-refractivity contribution < 1.29 is 17.6 Å². The highest BCUT2D eigenvalue weighted by atomic mass is 35.5. The van der Waals surface area contributed by atoms with Gasteiger partial charge in [-0.15, -0.1) is 0 Å². The summed E-state index contributed by atoms with van der Waals surface area (Å²) in [6.45, 7) is 12.9. The van der Waals surface area contributed by atoms with E-state index in [-0.39, 0.29) is 12.0 Å². The third-order valence-corrected chi connectivity index (χ3v) is 4.60. The molecule has 1 heterocycles. The second-order valence-corrected chi connectivity index (χ2v) is 7.19. The monoisotopic (exact) mass is 436 g/mol. The second-order valence-electron chi connectivity index (χ2n) is 6.76. The van der Waals surface area contributed by atoms with E-state index in [4.69, 9.17) is 11.6 Å². The van der Waals surface area contributed by atoms with Crippen LogP contribution in [0.1, 0.15) is 30.2 Å². The molecule has 0 fully saturated rings. The Kier molecular flexibility index (Phi) is 7.26. The molecule has 0 aliphatic carbocycles. The molecule has 0 bridgehead atoms. The van der Waals surface area contributed by atoms with Crippen molar-refractivity contribution >= 4 is 11.6 Å². The highest BCUT2D eigenvalue weighted by Gasteiger charge is 2.39. The van der Waals surface area contributed by atoms with Crippen LogP contribution in [0.4, 0.5) is 17.6 Å². The van der Waals surface area contributed by atoms with Gasteiger partial charge < -0.3 is 5.32 Å². The number of aromatic nitrogens is 1. The van der Waals surface area contributed by atoms with Crippen molar-refractivity contribution in [1.29, 1.82) is 0 Å². The average Bonchev–Trinajstić information content (AvgIpc) is 2.66. The summed E-state index contributed by atoms with van der Waals surface area (Å²) in [7, 11) is 0. The van der Waals surface area contributed by atoms with Crippen molar-refractivity contribution in [1.82, 2.24) is 10.3 Å². The summed E-state index contributed by atoms with van der Waals surface area (Å²) >= 11 is 5.96. The first kappa shape index (κ1) is 23.4. The number of allylic oxidation sites excluding steroid dienone is 4. The van der Waals surface area contributed by atoms with Crippen molar-refractivity contribution in [2.75, 3.05) is 0 Å². The van der Waals surface area contributed by atoms with Gasteiger partial charge in [-0.3, -0.25) is 4.98 Å². The largest absolute Gasteiger partial charge is 0.416 e. The van der Waals surface area contributed by atoms with Crippen LogP contribution in [0.25, 0.3) is 0 Å². The first-order valence-corrected chi connectivity index (χ1v) is 9.27. The van der Waals surface area contributed by atoms with Crippen molar-refractivity contribution in [3.63, 3.8) is 0 Å². The third kappa shape index (κ3) is 5.39. The van der Waals surface area contributed by atoms with Gasteiger partial charge in [-0.05, 0) is 48.4 Å². The normalized spacial score (nSPS) is 14.0. The van der Waals surface area contributed by atoms with Crippen LogP contribution in [0.2, 0.25) is 5.02 Å². The number of alkyl halides is 3. The number of hydrogen-bond acceptors (Lipinski definition) is 2. The lowest BCUT2D eigenvalue weighted by molar-refractivity contribution is -0.137. The van der Waals surface area contributed by atoms with Crippen LogP contribution < -0.4 is 5.32 Å². The van der Waals surface area contributed by atoms with E-state index in [9.17, 15) is 17.6 Å². The van der Waals surface area contributed by atoms with E-state index in [1.165, 1.54) is 12.3 Å². The van der Waals surface area contributed by atoms with E-state index in [1.807, 2.05) is 0 Å². The zero-order chi connectivity index (χ0) is 22.5. The molecule has 0 aliphatic rings. The maximum Gasteiger partial charge on any atom is 0.416 e. The van der Waals surface area contributed by atoms with Crippen molar-refractivity contribution in [3.05, 3.63) is 113 Å². The molecule has 2 aromatic rings. The molecule has 0 spiro atoms. The number of halogens is 5. The fourth-order valence-electron chi connectivity index (χ4n) is 3.17. The van der Waals surface area contributed by atoms with Crippen molar-refractivity contribution in [3.8, 4) is 0 Å². The molecule has 7 heteroatoms. The van der Waals surface area contributed by atoms with Crippen molar-refractivity contribution in [2.24, 2.45) is 0 Å². The summed E-state index contributed by atoms with van der Waals surface area (Å²) in [5, 5.41) is 3.47. The van der Waals surface area contributed by atoms with E-state index in [0.717, 1.165) is 12.1 Å². The average molecular weight is 437 g/mol. The molecule has 0 aliphatic heterocycles. The minimum atomic E-state index is -4.72. The van der Waals surface area contributed by atoms with E-state index in [0.29, 0.717) is 28.1 Å². The SMILES string of the molecule is C=C/C=C(\C=C)C[C@](NC(=C)C)(c1cc(F)cc(C(F)(F)F)c1)c1ccc(Cl)cn1. The molecule has 0 unspecified atom stereocenters. The highest BCUT2D eigenvalue weighted by molar-refractivity contribution is 6.30. The number of nitrogens with zero attached hydrogens (tertiary/aromatic N) is 1. The van der Waals surface area contributed by atoms with Crippen LogP contribution in [0, 0.1) is 5.82 Å². The minimum absolute atomic E-state index is 0.0319. The maximum absolute atomic E-state index is 14.3. The van der Waals surface area contributed by atoms with Gasteiger partial charge in [0.15, 0.2) is 0 Å². The molecule has 1 atom stereocenters. The Morgan fingerprint density at radius 1 is 1.17 bits per heavy atom. The molecule has 0 amide bonds. The van der Waals surface area contributed by atoms with E-state index in [1.54, 1.807) is 31.2 Å². The van der Waals surface area contributed by atoms with Gasteiger partial charge in [-0.2, -0.15) is 13.2 Å². The molecule has 0 saturated carbocycles. The van der Waals surface area contributed by atoms with Gasteiger partial charge in [0.25, 0.3) is 0 Å². The zero-order valence-corrected chi connectivity index (χ0v) is 17.1. The van der Waals surface area contributed by atoms with Crippen LogP contribution in [0.3, 0.4) is 0 Å². The lowest BCUT2D eigenvalue weighted by atomic mass is 9.79. The van der Waals surface area contributed by atoms with Gasteiger partial charge in [0, 0.05) is 18.3 Å². The van der Waals surface area contributed by atoms with E-state index < -0.39 is 23.1 Å². The summed E-state index contributed by atoms with van der Waals surface area (Å²) < 4.78 is 54.6. The number of benzene rings is 1. The highest BCUT2D eigenvalue weighted by Crippen LogP contribution is 2.39. The van der Waals surface area contributed by atoms with Gasteiger partial charge in [0.1, 0.15) is 11.4 Å². The molecule has 1 N–H and O–H groups in total. The van der Waals surface area contributed by atoms with Crippen LogP contribution in [0.15, 0.2) is 85.8 Å². The van der Waals surface area contributed by atoms with Gasteiger partial charge in [0.2, 0.25) is 0 Å². The lowest BCUT2D eigenvalue weighted by Crippen LogP contribution is -2.43. The smallest absolute Gasteiger partial charge is 0.374 e. The molecule has 0 saturated heterocycles. The first-order chi connectivity index (χ1) is 14.0. The number of hydrogen-bond donors (Lipinski definition) is 1. The van der Waals surface area contributed by atoms with Gasteiger partial charge in [0.05, 0.1) is 16.3 Å². The number of nitrogens with one attached hydrogen (secondary N) is 1. The zero-order valence-electron chi connectivity index (χ0n) is 16.4. The Morgan fingerprint density at radius 3 is 2.33 bits per heavy atom. The van der Waals surface area contributed by atoms with Crippen molar-refractivity contribution in [2.45, 2.75) is 25.1 Å². The summed E-state index contributed by atoms with van der Waals surface area (Å²) in [4.78, 5) is 4.32. The molecule has 158 valence electrons. The summed E-state index contributed by atoms with van der Waals surface area (Å²) in [5.41, 5.74) is -1.01. The molecular weight excluding hydrogens is 416 g/mol. The maximum atomic E-state index is 14.3. The number of rotatable bonds is 8. The standard InChI is InChI=1S/C23H21ClF4N2/c1-5-7-16(6-2)13-22(30-15(3)4,21-9-8-19(24)14-29-21)17-10-18(23(26,27)28)12-20(25)11-17/h5-12,14,30H,1-3,13H2,4H3/b16-7+/t22-/m0/s1. The van der Waals surface area contributed by atoms with Gasteiger partial charge >= 0.3 is 6.18 Å². The molecular formula is C23H21ClF4N2. The summed E-state index contributed by atoms with van der Waals surface area (Å²) in [5.74, 6) is -1.02. The molecule has 2 rings (SSSR count). The quantitative estimate of drug-likeness (QED) is 0.358. The Labute approximate surface area is 178 Å². The van der Waals surface area contributed by atoms with Gasteiger partial charge in [-0.25, -0.2) is 4.39 Å². The van der Waals surface area contributed by atoms with Crippen LogP contribution in [-0.2, 0) is 11.7 Å². The van der Waals surface area contributed by atoms with E-state index in [2.05, 4.69) is 30.0 Å². The number of pyridine rings is 1. The van der Waals surface area contributed by atoms with Gasteiger partial charge in [-0.1, -0.05) is 49.6 Å². The Balaban J connectivity index is 2.89. The third-order valence-electron chi connectivity index (χ3n) is 4.37. The van der Waals surface area contributed by atoms with Crippen LogP contribution >= 0.6 is 11.6 Å². The van der Waals surface area contributed by atoms with E-state index >= 15 is 0 Å². The molecule has 1 aromatic heterocycles. The predicted molar refractivity (Wildman–Crippen MR) is 112 cm³/mol. The lowest BCUT2D eigenvalue weighted by Gasteiger charge is -2.37. The molecule has 0 radical (unpaired) electrons. The Hall–Kier alpha value is -2.86. The minimum Gasteiger partial charge on any atom is -0.374 e.